The number of rotatable bonds is 3. The zero-order valence-electron chi connectivity index (χ0n) is 7.55. The van der Waals surface area contributed by atoms with Crippen molar-refractivity contribution in [3.05, 3.63) is 0 Å². The predicted molar refractivity (Wildman–Crippen MR) is 48.6 cm³/mol. The summed E-state index contributed by atoms with van der Waals surface area (Å²) >= 11 is 0. The summed E-state index contributed by atoms with van der Waals surface area (Å²) in [7, 11) is 0. The molecule has 0 saturated carbocycles. The lowest BCUT2D eigenvalue weighted by Crippen LogP contribution is -2.43. The van der Waals surface area contributed by atoms with E-state index in [1.54, 1.807) is 0 Å². The van der Waals surface area contributed by atoms with Gasteiger partial charge in [0.15, 0.2) is 0 Å². The van der Waals surface area contributed by atoms with Crippen molar-refractivity contribution in [2.45, 2.75) is 38.6 Å². The van der Waals surface area contributed by atoms with Crippen molar-refractivity contribution in [1.29, 1.82) is 0 Å². The van der Waals surface area contributed by atoms with Crippen molar-refractivity contribution in [3.8, 4) is 0 Å². The minimum absolute atomic E-state index is 0.648. The van der Waals surface area contributed by atoms with Gasteiger partial charge in [0.1, 0.15) is 0 Å². The number of hydrogen-bond donors (Lipinski definition) is 1. The molecular formula is C9H20N2. The molecule has 1 saturated heterocycles. The van der Waals surface area contributed by atoms with Gasteiger partial charge in [-0.25, -0.2) is 0 Å². The summed E-state index contributed by atoms with van der Waals surface area (Å²) in [5, 5.41) is 0. The number of likely N-dealkylation sites (tertiary alicyclic amines) is 1. The summed E-state index contributed by atoms with van der Waals surface area (Å²) in [6, 6.07) is 0.648. The molecule has 0 spiro atoms. The average Bonchev–Trinajstić information content (AvgIpc) is 2.09. The second-order valence-corrected chi connectivity index (χ2v) is 3.39. The summed E-state index contributed by atoms with van der Waals surface area (Å²) in [6.45, 7) is 5.61. The maximum Gasteiger partial charge on any atom is 0.0215 e. The van der Waals surface area contributed by atoms with Gasteiger partial charge in [-0.15, -0.1) is 0 Å². The Morgan fingerprint density at radius 2 is 1.91 bits per heavy atom. The quantitative estimate of drug-likeness (QED) is 0.665. The van der Waals surface area contributed by atoms with Gasteiger partial charge in [0.25, 0.3) is 0 Å². The molecule has 1 atom stereocenters. The SMILES string of the molecule is CC[C@@H](CN)N1CCCCC1. The van der Waals surface area contributed by atoms with Crippen LogP contribution in [0.3, 0.4) is 0 Å². The zero-order chi connectivity index (χ0) is 8.10. The first-order valence-corrected chi connectivity index (χ1v) is 4.82. The molecule has 66 valence electrons. The van der Waals surface area contributed by atoms with Gasteiger partial charge < -0.3 is 5.73 Å². The van der Waals surface area contributed by atoms with E-state index in [1.807, 2.05) is 0 Å². The molecule has 0 unspecified atom stereocenters. The highest BCUT2D eigenvalue weighted by Gasteiger charge is 2.16. The van der Waals surface area contributed by atoms with Crippen LogP contribution in [0.1, 0.15) is 32.6 Å². The molecule has 0 aromatic rings. The minimum atomic E-state index is 0.648. The molecule has 0 aromatic heterocycles. The Labute approximate surface area is 69.8 Å². The van der Waals surface area contributed by atoms with Gasteiger partial charge in [0.05, 0.1) is 0 Å². The molecule has 0 radical (unpaired) electrons. The molecule has 0 amide bonds. The van der Waals surface area contributed by atoms with E-state index >= 15 is 0 Å². The second kappa shape index (κ2) is 4.73. The van der Waals surface area contributed by atoms with Gasteiger partial charge in [-0.3, -0.25) is 4.90 Å². The maximum atomic E-state index is 5.67. The molecule has 1 aliphatic rings. The highest BCUT2D eigenvalue weighted by Crippen LogP contribution is 2.12. The lowest BCUT2D eigenvalue weighted by atomic mass is 10.1. The van der Waals surface area contributed by atoms with E-state index in [0.29, 0.717) is 6.04 Å². The van der Waals surface area contributed by atoms with Crippen molar-refractivity contribution in [2.75, 3.05) is 19.6 Å². The van der Waals surface area contributed by atoms with E-state index in [0.717, 1.165) is 6.54 Å². The van der Waals surface area contributed by atoms with Crippen LogP contribution in [-0.4, -0.2) is 30.6 Å². The fourth-order valence-corrected chi connectivity index (χ4v) is 1.86. The molecule has 0 aromatic carbocycles. The second-order valence-electron chi connectivity index (χ2n) is 3.39. The van der Waals surface area contributed by atoms with Crippen molar-refractivity contribution < 1.29 is 0 Å². The first-order chi connectivity index (χ1) is 5.38. The highest BCUT2D eigenvalue weighted by molar-refractivity contribution is 4.74. The third-order valence-electron chi connectivity index (χ3n) is 2.65. The van der Waals surface area contributed by atoms with E-state index < -0.39 is 0 Å². The van der Waals surface area contributed by atoms with Crippen LogP contribution < -0.4 is 5.73 Å². The fourth-order valence-electron chi connectivity index (χ4n) is 1.86. The summed E-state index contributed by atoms with van der Waals surface area (Å²) < 4.78 is 0. The minimum Gasteiger partial charge on any atom is -0.329 e. The lowest BCUT2D eigenvalue weighted by Gasteiger charge is -2.33. The zero-order valence-corrected chi connectivity index (χ0v) is 7.55. The van der Waals surface area contributed by atoms with Gasteiger partial charge in [0, 0.05) is 12.6 Å². The number of nitrogens with two attached hydrogens (primary N) is 1. The molecular weight excluding hydrogens is 136 g/mol. The van der Waals surface area contributed by atoms with Crippen LogP contribution in [0.25, 0.3) is 0 Å². The van der Waals surface area contributed by atoms with Gasteiger partial charge in [-0.05, 0) is 32.4 Å². The van der Waals surface area contributed by atoms with Crippen LogP contribution in [0.15, 0.2) is 0 Å². The lowest BCUT2D eigenvalue weighted by molar-refractivity contribution is 0.163. The first kappa shape index (κ1) is 9.01. The molecule has 0 aliphatic carbocycles. The average molecular weight is 156 g/mol. The Kier molecular flexibility index (Phi) is 3.87. The fraction of sp³-hybridized carbons (Fsp3) is 1.00. The number of nitrogens with zero attached hydrogens (tertiary/aromatic N) is 1. The van der Waals surface area contributed by atoms with Crippen LogP contribution in [0, 0.1) is 0 Å². The van der Waals surface area contributed by atoms with Crippen LogP contribution in [0.4, 0.5) is 0 Å². The molecule has 1 aliphatic heterocycles. The molecule has 0 bridgehead atoms. The van der Waals surface area contributed by atoms with Gasteiger partial charge in [0.2, 0.25) is 0 Å². The monoisotopic (exact) mass is 156 g/mol. The van der Waals surface area contributed by atoms with Crippen molar-refractivity contribution in [2.24, 2.45) is 5.73 Å². The third-order valence-corrected chi connectivity index (χ3v) is 2.65. The smallest absolute Gasteiger partial charge is 0.0215 e. The summed E-state index contributed by atoms with van der Waals surface area (Å²) in [4.78, 5) is 2.55. The molecule has 1 heterocycles. The molecule has 2 heteroatoms. The normalized spacial score (nSPS) is 23.5. The topological polar surface area (TPSA) is 29.3 Å². The van der Waals surface area contributed by atoms with Crippen molar-refractivity contribution in [1.82, 2.24) is 4.90 Å². The highest BCUT2D eigenvalue weighted by atomic mass is 15.2. The van der Waals surface area contributed by atoms with E-state index in [-0.39, 0.29) is 0 Å². The Bertz CT molecular complexity index is 93.7. The van der Waals surface area contributed by atoms with E-state index in [1.165, 1.54) is 38.8 Å². The molecule has 2 N–H and O–H groups in total. The van der Waals surface area contributed by atoms with E-state index in [9.17, 15) is 0 Å². The van der Waals surface area contributed by atoms with E-state index in [4.69, 9.17) is 5.73 Å². The Morgan fingerprint density at radius 3 is 2.36 bits per heavy atom. The van der Waals surface area contributed by atoms with Crippen LogP contribution >= 0.6 is 0 Å². The van der Waals surface area contributed by atoms with Gasteiger partial charge in [-0.1, -0.05) is 13.3 Å². The summed E-state index contributed by atoms with van der Waals surface area (Å²) in [5.74, 6) is 0. The largest absolute Gasteiger partial charge is 0.329 e. The van der Waals surface area contributed by atoms with Crippen LogP contribution in [0.5, 0.6) is 0 Å². The van der Waals surface area contributed by atoms with E-state index in [2.05, 4.69) is 11.8 Å². The summed E-state index contributed by atoms with van der Waals surface area (Å²) in [5.41, 5.74) is 5.67. The standard InChI is InChI=1S/C9H20N2/c1-2-9(8-10)11-6-4-3-5-7-11/h9H,2-8,10H2,1H3/t9-/m0/s1. The Hall–Kier alpha value is -0.0800. The third kappa shape index (κ3) is 2.46. The molecule has 2 nitrogen and oxygen atoms in total. The van der Waals surface area contributed by atoms with Crippen molar-refractivity contribution in [3.63, 3.8) is 0 Å². The molecule has 1 rings (SSSR count). The first-order valence-electron chi connectivity index (χ1n) is 4.82. The summed E-state index contributed by atoms with van der Waals surface area (Å²) in [6.07, 6.45) is 5.36. The van der Waals surface area contributed by atoms with Gasteiger partial charge >= 0.3 is 0 Å². The van der Waals surface area contributed by atoms with Crippen molar-refractivity contribution >= 4 is 0 Å². The molecule has 11 heavy (non-hydrogen) atoms. The van der Waals surface area contributed by atoms with Gasteiger partial charge in [-0.2, -0.15) is 0 Å². The molecule has 1 fully saturated rings. The Balaban J connectivity index is 2.30. The predicted octanol–water partition coefficient (Wildman–Crippen LogP) is 1.21. The number of piperidine rings is 1. The Morgan fingerprint density at radius 1 is 1.27 bits per heavy atom. The van der Waals surface area contributed by atoms with Crippen LogP contribution in [0.2, 0.25) is 0 Å². The van der Waals surface area contributed by atoms with Crippen LogP contribution in [-0.2, 0) is 0 Å². The number of hydrogen-bond acceptors (Lipinski definition) is 2. The maximum absolute atomic E-state index is 5.67.